The van der Waals surface area contributed by atoms with E-state index in [9.17, 15) is 9.59 Å². The second kappa shape index (κ2) is 7.04. The van der Waals surface area contributed by atoms with E-state index in [4.69, 9.17) is 4.98 Å². The maximum atomic E-state index is 12.7. The minimum atomic E-state index is -0.0321. The number of fused-ring (bicyclic) bond motifs is 3. The summed E-state index contributed by atoms with van der Waals surface area (Å²) in [5.74, 6) is 1.47. The van der Waals surface area contributed by atoms with Crippen molar-refractivity contribution in [2.75, 3.05) is 13.1 Å². The Hall–Kier alpha value is -1.69. The van der Waals surface area contributed by atoms with Gasteiger partial charge in [-0.05, 0) is 49.0 Å². The lowest BCUT2D eigenvalue weighted by atomic mass is 9.72. The van der Waals surface area contributed by atoms with Crippen LogP contribution in [0.2, 0.25) is 0 Å². The van der Waals surface area contributed by atoms with Gasteiger partial charge in [0.15, 0.2) is 0 Å². The summed E-state index contributed by atoms with van der Waals surface area (Å²) < 4.78 is 0. The molecule has 0 radical (unpaired) electrons. The van der Waals surface area contributed by atoms with Crippen LogP contribution in [0.3, 0.4) is 0 Å². The van der Waals surface area contributed by atoms with E-state index >= 15 is 0 Å². The monoisotopic (exact) mass is 387 g/mol. The summed E-state index contributed by atoms with van der Waals surface area (Å²) in [6.07, 6.45) is 6.27. The number of nitrogens with zero attached hydrogens (tertiary/aromatic N) is 2. The van der Waals surface area contributed by atoms with Crippen LogP contribution in [0.4, 0.5) is 0 Å². The molecule has 0 unspecified atom stereocenters. The van der Waals surface area contributed by atoms with Gasteiger partial charge in [-0.15, -0.1) is 11.3 Å². The molecule has 4 rings (SSSR count). The summed E-state index contributed by atoms with van der Waals surface area (Å²) in [6, 6.07) is 0. The van der Waals surface area contributed by atoms with E-state index < -0.39 is 0 Å². The van der Waals surface area contributed by atoms with E-state index in [1.54, 1.807) is 11.3 Å². The largest absolute Gasteiger partial charge is 0.343 e. The molecule has 1 aliphatic carbocycles. The van der Waals surface area contributed by atoms with Crippen molar-refractivity contribution in [3.63, 3.8) is 0 Å². The van der Waals surface area contributed by atoms with Gasteiger partial charge in [-0.1, -0.05) is 20.8 Å². The van der Waals surface area contributed by atoms with Crippen molar-refractivity contribution < 1.29 is 4.79 Å². The molecule has 2 aliphatic rings. The molecular formula is C21H29N3O2S. The van der Waals surface area contributed by atoms with Crippen LogP contribution >= 0.6 is 11.3 Å². The Bertz CT molecular complexity index is 916. The summed E-state index contributed by atoms with van der Waals surface area (Å²) >= 11 is 1.68. The summed E-state index contributed by atoms with van der Waals surface area (Å²) in [4.78, 5) is 36.8. The van der Waals surface area contributed by atoms with Gasteiger partial charge in [0, 0.05) is 30.8 Å². The predicted octanol–water partition coefficient (Wildman–Crippen LogP) is 3.69. The van der Waals surface area contributed by atoms with Crippen molar-refractivity contribution in [2.45, 2.75) is 65.7 Å². The van der Waals surface area contributed by atoms with Crippen LogP contribution in [-0.4, -0.2) is 33.9 Å². The van der Waals surface area contributed by atoms with Gasteiger partial charge in [0.25, 0.3) is 5.56 Å². The van der Waals surface area contributed by atoms with E-state index in [-0.39, 0.29) is 16.9 Å². The molecule has 146 valence electrons. The molecule has 1 fully saturated rings. The first kappa shape index (κ1) is 18.7. The minimum Gasteiger partial charge on any atom is -0.343 e. The third-order valence-electron chi connectivity index (χ3n) is 6.23. The number of hydrogen-bond acceptors (Lipinski definition) is 4. The Labute approximate surface area is 164 Å². The molecule has 5 nitrogen and oxygen atoms in total. The number of aromatic nitrogens is 2. The molecule has 1 saturated heterocycles. The molecule has 1 atom stereocenters. The fraction of sp³-hybridized carbons (Fsp3) is 0.667. The van der Waals surface area contributed by atoms with Crippen molar-refractivity contribution in [3.05, 3.63) is 26.6 Å². The highest BCUT2D eigenvalue weighted by Gasteiger charge is 2.31. The number of aryl methyl sites for hydroxylation is 2. The highest BCUT2D eigenvalue weighted by molar-refractivity contribution is 7.18. The lowest BCUT2D eigenvalue weighted by Gasteiger charge is -2.33. The molecule has 1 amide bonds. The van der Waals surface area contributed by atoms with E-state index in [2.05, 4.69) is 25.8 Å². The maximum absolute atomic E-state index is 12.7. The number of nitrogens with one attached hydrogen (secondary N) is 1. The number of amides is 1. The number of carbonyl (C=O) groups excluding carboxylic acids is 1. The number of aromatic amines is 1. The van der Waals surface area contributed by atoms with Crippen LogP contribution in [0.25, 0.3) is 10.2 Å². The molecule has 0 saturated carbocycles. The van der Waals surface area contributed by atoms with Crippen LogP contribution < -0.4 is 5.56 Å². The second-order valence-corrected chi connectivity index (χ2v) is 10.2. The van der Waals surface area contributed by atoms with Crippen molar-refractivity contribution in [1.29, 1.82) is 0 Å². The number of thiophene rings is 1. The van der Waals surface area contributed by atoms with Gasteiger partial charge in [-0.25, -0.2) is 4.98 Å². The second-order valence-electron chi connectivity index (χ2n) is 9.09. The van der Waals surface area contributed by atoms with Crippen molar-refractivity contribution in [2.24, 2.45) is 11.3 Å². The summed E-state index contributed by atoms with van der Waals surface area (Å²) in [5, 5.41) is 0.789. The normalized spacial score (nSPS) is 20.3. The smallest absolute Gasteiger partial charge is 0.259 e. The average Bonchev–Trinajstić information content (AvgIpc) is 3.25. The highest BCUT2D eigenvalue weighted by atomic mass is 32.1. The summed E-state index contributed by atoms with van der Waals surface area (Å²) in [7, 11) is 0. The van der Waals surface area contributed by atoms with E-state index in [1.165, 1.54) is 10.4 Å². The molecule has 0 bridgehead atoms. The molecule has 1 N–H and O–H groups in total. The quantitative estimate of drug-likeness (QED) is 0.873. The minimum absolute atomic E-state index is 0.0321. The van der Waals surface area contributed by atoms with Gasteiger partial charge < -0.3 is 9.88 Å². The number of likely N-dealkylation sites (tertiary alicyclic amines) is 1. The Balaban J connectivity index is 1.55. The average molecular weight is 388 g/mol. The molecule has 0 spiro atoms. The molecule has 27 heavy (non-hydrogen) atoms. The van der Waals surface area contributed by atoms with Gasteiger partial charge in [0.2, 0.25) is 5.91 Å². The summed E-state index contributed by atoms with van der Waals surface area (Å²) in [6.45, 7) is 8.65. The van der Waals surface area contributed by atoms with Crippen molar-refractivity contribution in [3.8, 4) is 0 Å². The van der Waals surface area contributed by atoms with E-state index in [0.29, 0.717) is 24.6 Å². The van der Waals surface area contributed by atoms with Gasteiger partial charge in [0.1, 0.15) is 10.7 Å². The van der Waals surface area contributed by atoms with Crippen LogP contribution in [0.1, 0.15) is 62.7 Å². The number of hydrogen-bond donors (Lipinski definition) is 1. The SMILES string of the molecule is CC(C)(C)[C@H]1CCc2c(sc3nc(CCC(=O)N4CCCC4)[nH]c(=O)c23)C1. The Morgan fingerprint density at radius 2 is 2.04 bits per heavy atom. The lowest BCUT2D eigenvalue weighted by molar-refractivity contribution is -0.130. The van der Waals surface area contributed by atoms with Gasteiger partial charge in [-0.2, -0.15) is 0 Å². The Morgan fingerprint density at radius 1 is 1.30 bits per heavy atom. The fourth-order valence-corrected chi connectivity index (χ4v) is 5.76. The zero-order valence-electron chi connectivity index (χ0n) is 16.6. The molecule has 3 heterocycles. The number of H-pyrrole nitrogens is 1. The van der Waals surface area contributed by atoms with Crippen molar-refractivity contribution in [1.82, 2.24) is 14.9 Å². The van der Waals surface area contributed by atoms with Crippen molar-refractivity contribution >= 4 is 27.5 Å². The molecular weight excluding hydrogens is 358 g/mol. The first-order valence-electron chi connectivity index (χ1n) is 10.1. The van der Waals surface area contributed by atoms with Gasteiger partial charge in [0.05, 0.1) is 5.39 Å². The number of carbonyl (C=O) groups is 1. The predicted molar refractivity (Wildman–Crippen MR) is 109 cm³/mol. The molecule has 2 aromatic rings. The van der Waals surface area contributed by atoms with Crippen LogP contribution in [0.15, 0.2) is 4.79 Å². The van der Waals surface area contributed by atoms with Crippen LogP contribution in [0, 0.1) is 11.3 Å². The maximum Gasteiger partial charge on any atom is 0.259 e. The van der Waals surface area contributed by atoms with E-state index in [1.807, 2.05) is 4.90 Å². The third kappa shape index (κ3) is 3.68. The Morgan fingerprint density at radius 3 is 2.74 bits per heavy atom. The van der Waals surface area contributed by atoms with Gasteiger partial charge in [-0.3, -0.25) is 9.59 Å². The zero-order chi connectivity index (χ0) is 19.2. The Kier molecular flexibility index (Phi) is 4.87. The zero-order valence-corrected chi connectivity index (χ0v) is 17.4. The molecule has 0 aromatic carbocycles. The first-order chi connectivity index (χ1) is 12.8. The molecule has 2 aromatic heterocycles. The standard InChI is InChI=1S/C21H29N3O2S/c1-21(2,3)13-6-7-14-15(12-13)27-20-18(14)19(26)22-16(23-20)8-9-17(25)24-10-4-5-11-24/h13H,4-12H2,1-3H3,(H,22,23,26)/t13-/m0/s1. The van der Waals surface area contributed by atoms with E-state index in [0.717, 1.165) is 55.4 Å². The first-order valence-corrected chi connectivity index (χ1v) is 11.0. The van der Waals surface area contributed by atoms with Crippen LogP contribution in [0.5, 0.6) is 0 Å². The fourth-order valence-electron chi connectivity index (χ4n) is 4.44. The highest BCUT2D eigenvalue weighted by Crippen LogP contribution is 2.41. The van der Waals surface area contributed by atoms with Crippen LogP contribution in [-0.2, 0) is 24.1 Å². The molecule has 1 aliphatic heterocycles. The van der Waals surface area contributed by atoms with Gasteiger partial charge >= 0.3 is 0 Å². The third-order valence-corrected chi connectivity index (χ3v) is 7.38. The lowest BCUT2D eigenvalue weighted by Crippen LogP contribution is -2.28. The summed E-state index contributed by atoms with van der Waals surface area (Å²) in [5.41, 5.74) is 1.47. The topological polar surface area (TPSA) is 66.1 Å². The number of rotatable bonds is 3. The molecule has 6 heteroatoms.